The Morgan fingerprint density at radius 2 is 1.95 bits per heavy atom. The van der Waals surface area contributed by atoms with Gasteiger partial charge in [-0.05, 0) is 43.7 Å². The highest BCUT2D eigenvalue weighted by molar-refractivity contribution is 7.89. The molecule has 0 amide bonds. The Morgan fingerprint density at radius 1 is 1.33 bits per heavy atom. The summed E-state index contributed by atoms with van der Waals surface area (Å²) in [6.45, 7) is 4.03. The lowest BCUT2D eigenvalue weighted by molar-refractivity contribution is 0.0696. The third kappa shape index (κ3) is 4.26. The normalized spacial score (nSPS) is 15.3. The summed E-state index contributed by atoms with van der Waals surface area (Å²) in [6, 6.07) is 5.81. The van der Waals surface area contributed by atoms with Crippen LogP contribution in [0.15, 0.2) is 29.2 Å². The average molecular weight is 312 g/mol. The van der Waals surface area contributed by atoms with Crippen LogP contribution in [0.2, 0.25) is 0 Å². The summed E-state index contributed by atoms with van der Waals surface area (Å²) in [5.41, 5.74) is 0.0693. The Kier molecular flexibility index (Phi) is 4.97. The average Bonchev–Trinajstić information content (AvgIpc) is 3.28. The van der Waals surface area contributed by atoms with Gasteiger partial charge in [-0.25, -0.2) is 17.9 Å². The van der Waals surface area contributed by atoms with E-state index in [0.29, 0.717) is 19.1 Å². The first kappa shape index (κ1) is 15.9. The monoisotopic (exact) mass is 312 g/mol. The lowest BCUT2D eigenvalue weighted by Gasteiger charge is -2.19. The van der Waals surface area contributed by atoms with E-state index in [-0.39, 0.29) is 10.5 Å². The van der Waals surface area contributed by atoms with Crippen molar-refractivity contribution in [3.8, 4) is 0 Å². The fraction of sp³-hybridized carbons (Fsp3) is 0.500. The van der Waals surface area contributed by atoms with E-state index in [9.17, 15) is 13.2 Å². The van der Waals surface area contributed by atoms with E-state index in [1.807, 2.05) is 0 Å². The number of hydrogen-bond donors (Lipinski definition) is 2. The summed E-state index contributed by atoms with van der Waals surface area (Å²) < 4.78 is 26.7. The molecule has 2 rings (SSSR count). The van der Waals surface area contributed by atoms with Crippen LogP contribution < -0.4 is 4.72 Å². The van der Waals surface area contributed by atoms with Crippen LogP contribution in [0.4, 0.5) is 0 Å². The van der Waals surface area contributed by atoms with Crippen molar-refractivity contribution < 1.29 is 18.3 Å². The second-order valence-electron chi connectivity index (χ2n) is 5.09. The number of carbonyl (C=O) groups is 1. The second kappa shape index (κ2) is 6.55. The number of hydrogen-bond acceptors (Lipinski definition) is 4. The van der Waals surface area contributed by atoms with Crippen molar-refractivity contribution in [1.82, 2.24) is 9.62 Å². The quantitative estimate of drug-likeness (QED) is 0.752. The fourth-order valence-corrected chi connectivity index (χ4v) is 3.24. The highest BCUT2D eigenvalue weighted by atomic mass is 32.2. The second-order valence-corrected chi connectivity index (χ2v) is 6.85. The van der Waals surface area contributed by atoms with Gasteiger partial charge in [-0.3, -0.25) is 4.90 Å². The zero-order valence-corrected chi connectivity index (χ0v) is 12.8. The van der Waals surface area contributed by atoms with Crippen molar-refractivity contribution in [3.05, 3.63) is 29.8 Å². The van der Waals surface area contributed by atoms with Gasteiger partial charge >= 0.3 is 5.97 Å². The van der Waals surface area contributed by atoms with Crippen LogP contribution in [0.25, 0.3) is 0 Å². The van der Waals surface area contributed by atoms with Gasteiger partial charge in [0.05, 0.1) is 10.5 Å². The zero-order chi connectivity index (χ0) is 15.5. The van der Waals surface area contributed by atoms with Gasteiger partial charge in [0.1, 0.15) is 0 Å². The molecule has 2 N–H and O–H groups in total. The van der Waals surface area contributed by atoms with Gasteiger partial charge in [0.15, 0.2) is 0 Å². The summed E-state index contributed by atoms with van der Waals surface area (Å²) in [5, 5.41) is 8.80. The van der Waals surface area contributed by atoms with Gasteiger partial charge < -0.3 is 5.11 Å². The van der Waals surface area contributed by atoms with E-state index in [0.717, 1.165) is 6.54 Å². The first-order valence-corrected chi connectivity index (χ1v) is 8.49. The molecule has 1 saturated carbocycles. The number of sulfonamides is 1. The lowest BCUT2D eigenvalue weighted by atomic mass is 10.2. The number of rotatable bonds is 8. The molecule has 0 aliphatic heterocycles. The molecule has 0 saturated heterocycles. The molecular formula is C14H20N2O4S. The van der Waals surface area contributed by atoms with Gasteiger partial charge in [0, 0.05) is 19.1 Å². The maximum absolute atomic E-state index is 12.1. The molecule has 1 aliphatic rings. The van der Waals surface area contributed by atoms with Gasteiger partial charge in [0.2, 0.25) is 10.0 Å². The third-order valence-electron chi connectivity index (χ3n) is 3.57. The van der Waals surface area contributed by atoms with Gasteiger partial charge in [0.25, 0.3) is 0 Å². The smallest absolute Gasteiger partial charge is 0.335 e. The maximum atomic E-state index is 12.1. The summed E-state index contributed by atoms with van der Waals surface area (Å²) in [5.74, 6) is -1.07. The van der Waals surface area contributed by atoms with Crippen molar-refractivity contribution in [3.63, 3.8) is 0 Å². The molecule has 0 radical (unpaired) electrons. The minimum absolute atomic E-state index is 0.0693. The first-order chi connectivity index (χ1) is 9.94. The lowest BCUT2D eigenvalue weighted by Crippen LogP contribution is -2.36. The van der Waals surface area contributed by atoms with E-state index in [2.05, 4.69) is 16.5 Å². The molecule has 6 nitrogen and oxygen atoms in total. The predicted octanol–water partition coefficient (Wildman–Crippen LogP) is 1.15. The van der Waals surface area contributed by atoms with E-state index >= 15 is 0 Å². The van der Waals surface area contributed by atoms with Crippen molar-refractivity contribution >= 4 is 16.0 Å². The number of likely N-dealkylation sites (N-methyl/N-ethyl adjacent to an activating group) is 1. The molecule has 7 heteroatoms. The molecule has 1 aromatic carbocycles. The van der Waals surface area contributed by atoms with Crippen LogP contribution in [0.1, 0.15) is 30.1 Å². The van der Waals surface area contributed by atoms with E-state index in [1.54, 1.807) is 0 Å². The molecular weight excluding hydrogens is 292 g/mol. The van der Waals surface area contributed by atoms with Crippen LogP contribution in [0.5, 0.6) is 0 Å². The van der Waals surface area contributed by atoms with Crippen molar-refractivity contribution in [1.29, 1.82) is 0 Å². The maximum Gasteiger partial charge on any atom is 0.335 e. The van der Waals surface area contributed by atoms with E-state index in [1.165, 1.54) is 37.1 Å². The van der Waals surface area contributed by atoms with Crippen LogP contribution >= 0.6 is 0 Å². The number of carboxylic acid groups (broad SMARTS) is 1. The van der Waals surface area contributed by atoms with Crippen molar-refractivity contribution in [2.24, 2.45) is 0 Å². The van der Waals surface area contributed by atoms with Crippen LogP contribution in [-0.2, 0) is 10.0 Å². The molecule has 0 unspecified atom stereocenters. The Bertz CT molecular complexity index is 594. The Hall–Kier alpha value is -1.44. The topological polar surface area (TPSA) is 86.7 Å². The van der Waals surface area contributed by atoms with Crippen LogP contribution in [-0.4, -0.2) is 50.1 Å². The number of nitrogens with zero attached hydrogens (tertiary/aromatic N) is 1. The third-order valence-corrected chi connectivity index (χ3v) is 5.05. The molecule has 1 aromatic rings. The number of benzene rings is 1. The molecule has 1 aliphatic carbocycles. The van der Waals surface area contributed by atoms with Gasteiger partial charge in [-0.1, -0.05) is 6.92 Å². The molecule has 0 spiro atoms. The highest BCUT2D eigenvalue weighted by Gasteiger charge is 2.27. The predicted molar refractivity (Wildman–Crippen MR) is 78.9 cm³/mol. The molecule has 0 heterocycles. The van der Waals surface area contributed by atoms with Crippen LogP contribution in [0, 0.1) is 0 Å². The molecule has 21 heavy (non-hydrogen) atoms. The van der Waals surface area contributed by atoms with Crippen molar-refractivity contribution in [2.75, 3.05) is 19.6 Å². The molecule has 0 bridgehead atoms. The minimum Gasteiger partial charge on any atom is -0.478 e. The fourth-order valence-electron chi connectivity index (χ4n) is 2.22. The van der Waals surface area contributed by atoms with E-state index < -0.39 is 16.0 Å². The minimum atomic E-state index is -3.58. The first-order valence-electron chi connectivity index (χ1n) is 7.01. The number of aromatic carboxylic acids is 1. The summed E-state index contributed by atoms with van der Waals surface area (Å²) in [6.07, 6.45) is 2.38. The summed E-state index contributed by atoms with van der Waals surface area (Å²) in [4.78, 5) is 13.1. The van der Waals surface area contributed by atoms with E-state index in [4.69, 9.17) is 5.11 Å². The number of nitrogens with one attached hydrogen (secondary N) is 1. The standard InChI is InChI=1S/C14H20N2O4S/c1-2-16(12-5-6-12)10-9-15-21(19,20)13-7-3-11(4-8-13)14(17)18/h3-4,7-8,12,15H,2,5-6,9-10H2,1H3,(H,17,18). The highest BCUT2D eigenvalue weighted by Crippen LogP contribution is 2.25. The van der Waals surface area contributed by atoms with Gasteiger partial charge in [-0.2, -0.15) is 0 Å². The zero-order valence-electron chi connectivity index (χ0n) is 11.9. The molecule has 1 fully saturated rings. The Morgan fingerprint density at radius 3 is 2.43 bits per heavy atom. The van der Waals surface area contributed by atoms with Gasteiger partial charge in [-0.15, -0.1) is 0 Å². The summed E-state index contributed by atoms with van der Waals surface area (Å²) in [7, 11) is -3.58. The number of carboxylic acids is 1. The largest absolute Gasteiger partial charge is 0.478 e. The Balaban J connectivity index is 1.92. The summed E-state index contributed by atoms with van der Waals surface area (Å²) >= 11 is 0. The van der Waals surface area contributed by atoms with Crippen molar-refractivity contribution in [2.45, 2.75) is 30.7 Å². The molecule has 0 aromatic heterocycles. The molecule has 0 atom stereocenters. The molecule has 116 valence electrons. The van der Waals surface area contributed by atoms with Crippen LogP contribution in [0.3, 0.4) is 0 Å². The SMILES string of the molecule is CCN(CCNS(=O)(=O)c1ccc(C(=O)O)cc1)C1CC1. The Labute approximate surface area is 124 Å².